The third-order valence-corrected chi connectivity index (χ3v) is 30.4. The van der Waals surface area contributed by atoms with Crippen LogP contribution < -0.4 is 37.9 Å². The first kappa shape index (κ1) is 94.6. The topological polar surface area (TPSA) is 143 Å². The number of benzene rings is 16. The van der Waals surface area contributed by atoms with Crippen molar-refractivity contribution in [3.8, 4) is 56.6 Å². The first-order chi connectivity index (χ1) is 73.9. The summed E-state index contributed by atoms with van der Waals surface area (Å²) in [5, 5.41) is 16.1. The number of hydrogen-bond acceptors (Lipinski definition) is 12. The standard InChI is InChI=1S/C131H117N7O10S/c139-131(95-65-66-110(132-87-95)128-85-94-39-1-26-64-127(94)149-128)148-90-91-79-96(146-88-92-81-123(140-73-33-27-67-133-111-52-14-2-40-98(111)99-41-3-15-53-112(99)133)129(144-77-37-31-71-137-119-60-22-10-48-106(119)107-49-11-23-61-120(107)137)124(82-92)141-74-34-28-68-134-113-54-16-4-42-100(113)101-43-5-17-55-114(101)134)86-97(80-91)147-89-93-83-125(142-75-35-29-69-135-115-56-18-6-44-102(115)103-45-7-19-57-116(103)135)130(145-78-38-32-72-138-121-62-24-12-50-108(121)109-51-13-25-63-122(109)138)126(84-93)143-76-36-30-70-136-117-58-20-8-46-104(117)105-47-9-21-59-118(105)136/h1-26,39-66,79-87H,27-38,67-78,88-90H2. The fourth-order valence-electron chi connectivity index (χ4n) is 22.1. The summed E-state index contributed by atoms with van der Waals surface area (Å²) in [4.78, 5) is 20.3. The van der Waals surface area contributed by atoms with Crippen LogP contribution >= 0.6 is 11.3 Å². The molecule has 0 amide bonds. The van der Waals surface area contributed by atoms with Gasteiger partial charge in [-0.2, -0.15) is 0 Å². The van der Waals surface area contributed by atoms with Gasteiger partial charge in [0.1, 0.15) is 31.3 Å². The second-order valence-electron chi connectivity index (χ2n) is 38.8. The molecule has 16 aromatic carbocycles. The average molecular weight is 1980 g/mol. The van der Waals surface area contributed by atoms with Gasteiger partial charge in [-0.05, 0) is 233 Å². The van der Waals surface area contributed by atoms with Gasteiger partial charge in [-0.1, -0.05) is 237 Å². The van der Waals surface area contributed by atoms with Crippen molar-refractivity contribution in [2.75, 3.05) is 39.6 Å². The van der Waals surface area contributed by atoms with Gasteiger partial charge in [-0.3, -0.25) is 4.98 Å². The number of unbranched alkanes of at least 4 members (excludes halogenated alkanes) is 6. The quantitative estimate of drug-likeness (QED) is 0.0266. The Hall–Kier alpha value is -16.7. The number of carbonyl (C=O) groups excluding carboxylic acids is 1. The molecule has 0 radical (unpaired) electrons. The van der Waals surface area contributed by atoms with Crippen molar-refractivity contribution < 1.29 is 47.4 Å². The van der Waals surface area contributed by atoms with E-state index in [9.17, 15) is 4.79 Å². The van der Waals surface area contributed by atoms with Crippen molar-refractivity contribution in [3.63, 3.8) is 0 Å². The lowest BCUT2D eigenvalue weighted by Crippen LogP contribution is -2.09. The maximum atomic E-state index is 14.5. The Bertz CT molecular complexity index is 7880. The predicted octanol–water partition coefficient (Wildman–Crippen LogP) is 32.3. The minimum Gasteiger partial charge on any atom is -0.490 e. The maximum Gasteiger partial charge on any atom is 0.340 e. The van der Waals surface area contributed by atoms with Crippen LogP contribution in [0.5, 0.6) is 46.0 Å². The largest absolute Gasteiger partial charge is 0.490 e. The Morgan fingerprint density at radius 1 is 0.235 bits per heavy atom. The second kappa shape index (κ2) is 43.9. The first-order valence-corrected chi connectivity index (χ1v) is 53.6. The Morgan fingerprint density at radius 3 is 0.745 bits per heavy atom. The van der Waals surface area contributed by atoms with Gasteiger partial charge in [-0.15, -0.1) is 11.3 Å². The second-order valence-corrected chi connectivity index (χ2v) is 39.9. The summed E-state index contributed by atoms with van der Waals surface area (Å²) in [6.07, 6.45) is 11.4. The molecule has 0 spiro atoms. The lowest BCUT2D eigenvalue weighted by Gasteiger charge is -2.20. The third kappa shape index (κ3) is 20.0. The highest BCUT2D eigenvalue weighted by Crippen LogP contribution is 2.45. The molecule has 0 aliphatic rings. The molecule has 8 aromatic heterocycles. The van der Waals surface area contributed by atoms with Gasteiger partial charge < -0.3 is 70.0 Å². The Labute approximate surface area is 869 Å². The summed E-state index contributed by atoms with van der Waals surface area (Å²) in [6, 6.07) is 132. The summed E-state index contributed by atoms with van der Waals surface area (Å²) in [6.45, 7) is 7.38. The van der Waals surface area contributed by atoms with Crippen LogP contribution in [-0.2, 0) is 63.8 Å². The summed E-state index contributed by atoms with van der Waals surface area (Å²) < 4.78 is 79.2. The molecule has 18 heteroatoms. The molecular formula is C131H117N7O10S. The zero-order valence-electron chi connectivity index (χ0n) is 83.6. The smallest absolute Gasteiger partial charge is 0.340 e. The monoisotopic (exact) mass is 1980 g/mol. The number of carbonyl (C=O) groups is 1. The van der Waals surface area contributed by atoms with E-state index < -0.39 is 5.97 Å². The first-order valence-electron chi connectivity index (χ1n) is 52.7. The Kier molecular flexibility index (Phi) is 27.9. The molecule has 0 saturated carbocycles. The Balaban J connectivity index is 0.549. The molecule has 0 bridgehead atoms. The van der Waals surface area contributed by atoms with Crippen molar-refractivity contribution in [2.45, 2.75) is 136 Å². The number of ether oxygens (including phenoxy) is 9. The number of aryl methyl sites for hydroxylation is 6. The number of esters is 1. The third-order valence-electron chi connectivity index (χ3n) is 29.2. The van der Waals surface area contributed by atoms with E-state index in [1.165, 1.54) is 131 Å². The van der Waals surface area contributed by atoms with E-state index in [1.807, 2.05) is 36.4 Å². The fourth-order valence-corrected chi connectivity index (χ4v) is 23.2. The fraction of sp³-hybridized carbons (Fsp3) is 0.206. The van der Waals surface area contributed by atoms with Crippen LogP contribution in [0.15, 0.2) is 382 Å². The summed E-state index contributed by atoms with van der Waals surface area (Å²) >= 11 is 1.67. The Morgan fingerprint density at radius 2 is 0.483 bits per heavy atom. The molecule has 17 nitrogen and oxygen atoms in total. The van der Waals surface area contributed by atoms with Crippen LogP contribution in [0.1, 0.15) is 104 Å². The summed E-state index contributed by atoms with van der Waals surface area (Å²) in [7, 11) is 0. The average Bonchev–Trinajstić information content (AvgIpc) is 1.61. The number of rotatable bonds is 46. The SMILES string of the molecule is O=C(OCc1cc(OCc2cc(OCCCCn3c4ccccc4c4ccccc43)c(OCCCCn3c4ccccc4c4ccccc43)c(OCCCCn3c4ccccc4c4ccccc43)c2)cc(OCc2cc(OCCCCn3c4ccccc4c4ccccc43)c(OCCCCn3c4ccccc4c4ccccc43)c(OCCCCn3c4ccccc4c4ccccc43)c2)c1)c1ccc(-c2cc3ccccc3s2)nc1. The number of para-hydroxylation sites is 12. The number of aromatic nitrogens is 7. The molecule has 0 saturated heterocycles. The number of fused-ring (bicyclic) bond motifs is 19. The lowest BCUT2D eigenvalue weighted by atomic mass is 10.1. The van der Waals surface area contributed by atoms with E-state index in [0.717, 1.165) is 148 Å². The van der Waals surface area contributed by atoms with Crippen LogP contribution in [-0.4, -0.2) is 78.0 Å². The van der Waals surface area contributed by atoms with Crippen LogP contribution in [0.3, 0.4) is 0 Å². The highest BCUT2D eigenvalue weighted by atomic mass is 32.1. The molecule has 0 fully saturated rings. The zero-order valence-corrected chi connectivity index (χ0v) is 84.4. The van der Waals surface area contributed by atoms with Crippen LogP contribution in [0, 0.1) is 0 Å². The minimum absolute atomic E-state index is 0.0775. The van der Waals surface area contributed by atoms with Gasteiger partial charge in [0.05, 0.1) is 55.8 Å². The van der Waals surface area contributed by atoms with Crippen molar-refractivity contribution in [2.24, 2.45) is 0 Å². The highest BCUT2D eigenvalue weighted by Gasteiger charge is 2.25. The van der Waals surface area contributed by atoms with Gasteiger partial charge in [0, 0.05) is 187 Å². The molecule has 8 heterocycles. The van der Waals surface area contributed by atoms with E-state index >= 15 is 0 Å². The molecule has 149 heavy (non-hydrogen) atoms. The van der Waals surface area contributed by atoms with E-state index in [2.05, 4.69) is 361 Å². The van der Waals surface area contributed by atoms with Gasteiger partial charge in [0.2, 0.25) is 11.5 Å². The molecule has 742 valence electrons. The van der Waals surface area contributed by atoms with Crippen molar-refractivity contribution in [3.05, 3.63) is 405 Å². The predicted molar refractivity (Wildman–Crippen MR) is 607 cm³/mol. The van der Waals surface area contributed by atoms with E-state index in [-0.39, 0.29) is 19.8 Å². The number of hydrogen-bond donors (Lipinski definition) is 0. The molecule has 0 aliphatic heterocycles. The normalized spacial score (nSPS) is 11.8. The minimum atomic E-state index is -0.526. The van der Waals surface area contributed by atoms with Crippen molar-refractivity contribution in [1.29, 1.82) is 0 Å². The maximum absolute atomic E-state index is 14.5. The zero-order chi connectivity index (χ0) is 99.6. The summed E-state index contributed by atoms with van der Waals surface area (Å²) in [5.41, 5.74) is 17.9. The molecule has 24 aromatic rings. The lowest BCUT2D eigenvalue weighted by molar-refractivity contribution is 0.0471. The molecule has 0 N–H and O–H groups in total. The van der Waals surface area contributed by atoms with Gasteiger partial charge in [0.25, 0.3) is 0 Å². The van der Waals surface area contributed by atoms with Gasteiger partial charge in [0.15, 0.2) is 23.0 Å². The van der Waals surface area contributed by atoms with E-state index in [4.69, 9.17) is 47.6 Å². The number of nitrogens with zero attached hydrogens (tertiary/aromatic N) is 7. The van der Waals surface area contributed by atoms with Crippen LogP contribution in [0.2, 0.25) is 0 Å². The van der Waals surface area contributed by atoms with Gasteiger partial charge in [-0.25, -0.2) is 4.79 Å². The highest BCUT2D eigenvalue weighted by molar-refractivity contribution is 7.22. The molecule has 0 aliphatic carbocycles. The molecule has 24 rings (SSSR count). The number of pyridine rings is 1. The number of thiophene rings is 1. The molecule has 0 atom stereocenters. The van der Waals surface area contributed by atoms with E-state index in [0.29, 0.717) is 96.8 Å². The van der Waals surface area contributed by atoms with Gasteiger partial charge >= 0.3 is 5.97 Å². The summed E-state index contributed by atoms with van der Waals surface area (Å²) in [5.74, 6) is 3.81. The van der Waals surface area contributed by atoms with E-state index in [1.54, 1.807) is 23.6 Å². The molecular weight excluding hydrogens is 1860 g/mol. The molecule has 0 unspecified atom stereocenters. The van der Waals surface area contributed by atoms with Crippen molar-refractivity contribution in [1.82, 2.24) is 32.4 Å². The van der Waals surface area contributed by atoms with Crippen molar-refractivity contribution >= 4 is 158 Å². The van der Waals surface area contributed by atoms with Crippen LogP contribution in [0.25, 0.3) is 151 Å². The van der Waals surface area contributed by atoms with Crippen LogP contribution in [0.4, 0.5) is 0 Å².